The van der Waals surface area contributed by atoms with Crippen molar-refractivity contribution in [3.8, 4) is 28.4 Å². The molecule has 0 aliphatic carbocycles. The molecule has 0 spiro atoms. The number of fused-ring (bicyclic) bond motifs is 1. The highest BCUT2D eigenvalue weighted by molar-refractivity contribution is 5.84. The van der Waals surface area contributed by atoms with E-state index in [-0.39, 0.29) is 27.9 Å². The maximum absolute atomic E-state index is 13.1. The summed E-state index contributed by atoms with van der Waals surface area (Å²) < 4.78 is 27.2. The van der Waals surface area contributed by atoms with Gasteiger partial charge >= 0.3 is 0 Å². The average molecular weight is 460 g/mol. The fraction of sp³-hybridized carbons (Fsp3) is 0.348. The molecule has 2 aromatic carbocycles. The fourth-order valence-corrected chi connectivity index (χ4v) is 3.65. The van der Waals surface area contributed by atoms with E-state index in [2.05, 4.69) is 0 Å². The number of aliphatic hydroxyl groups excluding tert-OH is 4. The molecule has 3 aromatic rings. The molecule has 1 aliphatic heterocycles. The normalized spacial score (nSPS) is 25.1. The van der Waals surface area contributed by atoms with Gasteiger partial charge in [0.2, 0.25) is 11.7 Å². The number of hydrogen-bond donors (Lipinski definition) is 4. The summed E-state index contributed by atoms with van der Waals surface area (Å²) in [6, 6.07) is 9.78. The molecule has 4 N–H and O–H groups in total. The van der Waals surface area contributed by atoms with E-state index >= 15 is 0 Å². The lowest BCUT2D eigenvalue weighted by atomic mass is 9.99. The molecule has 1 saturated heterocycles. The predicted molar refractivity (Wildman–Crippen MR) is 115 cm³/mol. The molecule has 2 heterocycles. The van der Waals surface area contributed by atoms with E-state index in [1.54, 1.807) is 31.4 Å². The number of aliphatic hydroxyl groups is 4. The minimum Gasteiger partial charge on any atom is -0.497 e. The van der Waals surface area contributed by atoms with Crippen molar-refractivity contribution < 1.29 is 43.8 Å². The molecule has 5 atom stereocenters. The van der Waals surface area contributed by atoms with Crippen molar-refractivity contribution in [3.05, 3.63) is 52.9 Å². The second-order valence-electron chi connectivity index (χ2n) is 7.52. The molecule has 0 saturated carbocycles. The zero-order valence-corrected chi connectivity index (χ0v) is 17.9. The van der Waals surface area contributed by atoms with E-state index in [1.807, 2.05) is 0 Å². The van der Waals surface area contributed by atoms with Crippen molar-refractivity contribution in [2.75, 3.05) is 20.8 Å². The van der Waals surface area contributed by atoms with Crippen molar-refractivity contribution in [1.29, 1.82) is 0 Å². The Labute approximate surface area is 188 Å². The van der Waals surface area contributed by atoms with Crippen LogP contribution in [-0.2, 0) is 4.74 Å². The Morgan fingerprint density at radius 3 is 2.30 bits per heavy atom. The van der Waals surface area contributed by atoms with Gasteiger partial charge in [-0.05, 0) is 23.8 Å². The third-order valence-electron chi connectivity index (χ3n) is 5.55. The van der Waals surface area contributed by atoms with Crippen molar-refractivity contribution in [1.82, 2.24) is 0 Å². The Kier molecular flexibility index (Phi) is 6.54. The van der Waals surface area contributed by atoms with Crippen molar-refractivity contribution >= 4 is 11.0 Å². The molecule has 33 heavy (non-hydrogen) atoms. The zero-order valence-electron chi connectivity index (χ0n) is 17.9. The molecular weight excluding hydrogens is 436 g/mol. The molecule has 176 valence electrons. The molecule has 0 amide bonds. The lowest BCUT2D eigenvalue weighted by molar-refractivity contribution is -0.277. The predicted octanol–water partition coefficient (Wildman–Crippen LogP) is 0.656. The summed E-state index contributed by atoms with van der Waals surface area (Å²) in [4.78, 5) is 13.1. The Hall–Kier alpha value is -3.15. The summed E-state index contributed by atoms with van der Waals surface area (Å²) >= 11 is 0. The summed E-state index contributed by atoms with van der Waals surface area (Å²) in [7, 11) is 2.92. The summed E-state index contributed by atoms with van der Waals surface area (Å²) in [5.74, 6) is 0.869. The third kappa shape index (κ3) is 4.26. The average Bonchev–Trinajstić information content (AvgIpc) is 2.84. The standard InChI is InChI=1S/C23H24O10/c1-29-12-5-3-11(4-6-12)14-10-31-15-8-17(16(30-2)7-13(15)19(14)25)32-23-22(28)21(27)20(26)18(9-24)33-23/h3-8,10,18,20-24,26-28H,9H2,1-2H3/t18-,20-,21+,22-,23-/m1/s1. The highest BCUT2D eigenvalue weighted by Crippen LogP contribution is 2.35. The molecule has 0 bridgehead atoms. The zero-order chi connectivity index (χ0) is 23.7. The first-order valence-electron chi connectivity index (χ1n) is 10.1. The van der Waals surface area contributed by atoms with E-state index in [0.29, 0.717) is 16.9 Å². The van der Waals surface area contributed by atoms with Gasteiger partial charge in [0.05, 0.1) is 31.8 Å². The number of hydrogen-bond acceptors (Lipinski definition) is 10. The number of benzene rings is 2. The Balaban J connectivity index is 1.70. The van der Waals surface area contributed by atoms with Crippen LogP contribution in [0.25, 0.3) is 22.1 Å². The van der Waals surface area contributed by atoms with Gasteiger partial charge in [-0.25, -0.2) is 0 Å². The molecule has 0 unspecified atom stereocenters. The number of ether oxygens (including phenoxy) is 4. The van der Waals surface area contributed by atoms with Crippen LogP contribution in [0.3, 0.4) is 0 Å². The maximum Gasteiger partial charge on any atom is 0.229 e. The summed E-state index contributed by atoms with van der Waals surface area (Å²) in [6.07, 6.45) is -5.94. The van der Waals surface area contributed by atoms with Crippen LogP contribution in [0, 0.1) is 0 Å². The molecule has 10 heteroatoms. The van der Waals surface area contributed by atoms with Crippen molar-refractivity contribution in [2.24, 2.45) is 0 Å². The van der Waals surface area contributed by atoms with Gasteiger partial charge in [0.15, 0.2) is 11.5 Å². The third-order valence-corrected chi connectivity index (χ3v) is 5.55. The Morgan fingerprint density at radius 2 is 1.67 bits per heavy atom. The highest BCUT2D eigenvalue weighted by atomic mass is 16.7. The van der Waals surface area contributed by atoms with E-state index in [0.717, 1.165) is 0 Å². The van der Waals surface area contributed by atoms with E-state index in [4.69, 9.17) is 23.4 Å². The highest BCUT2D eigenvalue weighted by Gasteiger charge is 2.45. The minimum absolute atomic E-state index is 0.0645. The summed E-state index contributed by atoms with van der Waals surface area (Å²) in [6.45, 7) is -0.595. The van der Waals surface area contributed by atoms with Crippen LogP contribution in [0.4, 0.5) is 0 Å². The van der Waals surface area contributed by atoms with Gasteiger partial charge in [-0.1, -0.05) is 12.1 Å². The van der Waals surface area contributed by atoms with Crippen LogP contribution in [0.15, 0.2) is 51.9 Å². The molecule has 0 radical (unpaired) electrons. The monoisotopic (exact) mass is 460 g/mol. The molecule has 1 aliphatic rings. The fourth-order valence-electron chi connectivity index (χ4n) is 3.65. The first kappa shape index (κ1) is 23.0. The number of methoxy groups -OCH3 is 2. The molecule has 4 rings (SSSR count). The van der Waals surface area contributed by atoms with E-state index < -0.39 is 37.3 Å². The first-order chi connectivity index (χ1) is 15.9. The van der Waals surface area contributed by atoms with Gasteiger partial charge in [0.25, 0.3) is 0 Å². The second kappa shape index (κ2) is 9.38. The largest absolute Gasteiger partial charge is 0.497 e. The quantitative estimate of drug-likeness (QED) is 0.413. The van der Waals surface area contributed by atoms with Gasteiger partial charge in [-0.3, -0.25) is 4.79 Å². The van der Waals surface area contributed by atoms with Crippen LogP contribution in [0.5, 0.6) is 17.2 Å². The van der Waals surface area contributed by atoms with Crippen LogP contribution in [0.1, 0.15) is 0 Å². The van der Waals surface area contributed by atoms with Gasteiger partial charge < -0.3 is 43.8 Å². The van der Waals surface area contributed by atoms with Crippen LogP contribution < -0.4 is 19.6 Å². The number of rotatable bonds is 6. The lowest BCUT2D eigenvalue weighted by Crippen LogP contribution is -2.60. The minimum atomic E-state index is -1.60. The molecular formula is C23H24O10. The Morgan fingerprint density at radius 1 is 0.939 bits per heavy atom. The lowest BCUT2D eigenvalue weighted by Gasteiger charge is -2.39. The SMILES string of the molecule is COc1ccc(-c2coc3cc(O[C@@H]4O[C@H](CO)[C@@H](O)[C@H](O)[C@H]4O)c(OC)cc3c2=O)cc1. The maximum atomic E-state index is 13.1. The van der Waals surface area contributed by atoms with E-state index in [9.17, 15) is 25.2 Å². The smallest absolute Gasteiger partial charge is 0.229 e. The second-order valence-corrected chi connectivity index (χ2v) is 7.52. The van der Waals surface area contributed by atoms with Gasteiger partial charge in [-0.15, -0.1) is 0 Å². The van der Waals surface area contributed by atoms with Crippen molar-refractivity contribution in [3.63, 3.8) is 0 Å². The van der Waals surface area contributed by atoms with E-state index in [1.165, 1.54) is 25.5 Å². The van der Waals surface area contributed by atoms with Gasteiger partial charge in [0.1, 0.15) is 42.0 Å². The summed E-state index contributed by atoms with van der Waals surface area (Å²) in [5, 5.41) is 39.7. The van der Waals surface area contributed by atoms with Gasteiger partial charge in [0, 0.05) is 6.07 Å². The topological polar surface area (TPSA) is 148 Å². The first-order valence-corrected chi connectivity index (χ1v) is 10.1. The van der Waals surface area contributed by atoms with Crippen LogP contribution >= 0.6 is 0 Å². The molecule has 1 aromatic heterocycles. The summed E-state index contributed by atoms with van der Waals surface area (Å²) in [5.41, 5.74) is 0.888. The molecule has 10 nitrogen and oxygen atoms in total. The Bertz CT molecular complexity index is 1170. The van der Waals surface area contributed by atoms with Crippen LogP contribution in [0.2, 0.25) is 0 Å². The van der Waals surface area contributed by atoms with Crippen molar-refractivity contribution in [2.45, 2.75) is 30.7 Å². The van der Waals surface area contributed by atoms with Gasteiger partial charge in [-0.2, -0.15) is 0 Å². The molecule has 1 fully saturated rings. The van der Waals surface area contributed by atoms with Crippen LogP contribution in [-0.4, -0.2) is 72.0 Å².